The Morgan fingerprint density at radius 3 is 2.68 bits per heavy atom. The lowest BCUT2D eigenvalue weighted by atomic mass is 9.88. The first-order valence-corrected chi connectivity index (χ1v) is 7.45. The zero-order valence-electron chi connectivity index (χ0n) is 12.2. The molecule has 1 aromatic carbocycles. The van der Waals surface area contributed by atoms with Gasteiger partial charge in [0.1, 0.15) is 17.9 Å². The van der Waals surface area contributed by atoms with Crippen LogP contribution in [-0.2, 0) is 20.7 Å². The van der Waals surface area contributed by atoms with Crippen molar-refractivity contribution in [2.24, 2.45) is 5.92 Å². The fourth-order valence-electron chi connectivity index (χ4n) is 2.95. The Morgan fingerprint density at radius 2 is 1.95 bits per heavy atom. The molecule has 1 unspecified atom stereocenters. The molecule has 1 atom stereocenters. The van der Waals surface area contributed by atoms with Crippen molar-refractivity contribution >= 4 is 11.9 Å². The summed E-state index contributed by atoms with van der Waals surface area (Å²) < 4.78 is 10.8. The number of carbonyl (C=O) groups excluding carboxylic acids is 1. The number of aliphatic carboxylic acids is 1. The molecule has 3 rings (SSSR count). The first kappa shape index (κ1) is 14.8. The molecule has 2 heterocycles. The van der Waals surface area contributed by atoms with Gasteiger partial charge in [-0.05, 0) is 18.1 Å². The van der Waals surface area contributed by atoms with Gasteiger partial charge in [-0.3, -0.25) is 4.79 Å². The van der Waals surface area contributed by atoms with E-state index in [9.17, 15) is 14.7 Å². The Hall–Kier alpha value is -2.08. The minimum absolute atomic E-state index is 0.265. The van der Waals surface area contributed by atoms with E-state index < -0.39 is 11.5 Å². The summed E-state index contributed by atoms with van der Waals surface area (Å²) in [5.41, 5.74) is -0.239. The van der Waals surface area contributed by atoms with Crippen molar-refractivity contribution in [1.29, 1.82) is 0 Å². The summed E-state index contributed by atoms with van der Waals surface area (Å²) in [7, 11) is 0. The van der Waals surface area contributed by atoms with Crippen LogP contribution in [0, 0.1) is 5.92 Å². The van der Waals surface area contributed by atoms with Crippen LogP contribution >= 0.6 is 0 Å². The predicted octanol–water partition coefficient (Wildman–Crippen LogP) is 0.988. The Kier molecular flexibility index (Phi) is 4.02. The molecule has 2 aliphatic heterocycles. The van der Waals surface area contributed by atoms with Gasteiger partial charge >= 0.3 is 5.97 Å². The summed E-state index contributed by atoms with van der Waals surface area (Å²) >= 11 is 0. The average molecular weight is 305 g/mol. The first-order valence-electron chi connectivity index (χ1n) is 7.45. The third-order valence-corrected chi connectivity index (χ3v) is 4.37. The minimum Gasteiger partial charge on any atom is -0.492 e. The molecule has 6 nitrogen and oxygen atoms in total. The molecular weight excluding hydrogens is 286 g/mol. The lowest BCUT2D eigenvalue weighted by molar-refractivity contribution is -0.153. The Labute approximate surface area is 128 Å². The fraction of sp³-hybridized carbons (Fsp3) is 0.500. The quantitative estimate of drug-likeness (QED) is 0.870. The molecule has 0 aliphatic carbocycles. The molecule has 0 aromatic heterocycles. The van der Waals surface area contributed by atoms with E-state index in [1.165, 1.54) is 0 Å². The van der Waals surface area contributed by atoms with Gasteiger partial charge in [-0.1, -0.05) is 18.2 Å². The van der Waals surface area contributed by atoms with Crippen molar-refractivity contribution in [2.45, 2.75) is 24.8 Å². The number of ether oxygens (including phenoxy) is 2. The number of hydrogen-bond donors (Lipinski definition) is 2. The highest BCUT2D eigenvalue weighted by Crippen LogP contribution is 2.28. The van der Waals surface area contributed by atoms with E-state index in [1.807, 2.05) is 24.3 Å². The highest BCUT2D eigenvalue weighted by molar-refractivity contribution is 5.88. The highest BCUT2D eigenvalue weighted by Gasteiger charge is 2.43. The van der Waals surface area contributed by atoms with E-state index in [1.54, 1.807) is 0 Å². The Morgan fingerprint density at radius 1 is 1.23 bits per heavy atom. The van der Waals surface area contributed by atoms with Gasteiger partial charge in [0.25, 0.3) is 0 Å². The summed E-state index contributed by atoms with van der Waals surface area (Å²) in [4.78, 5) is 24.1. The number of carboxylic acids is 1. The number of fused-ring (bicyclic) bond motifs is 1. The minimum atomic E-state index is -1.22. The summed E-state index contributed by atoms with van der Waals surface area (Å²) in [6, 6.07) is 7.59. The van der Waals surface area contributed by atoms with Gasteiger partial charge in [0, 0.05) is 26.1 Å². The molecule has 1 saturated heterocycles. The first-order chi connectivity index (χ1) is 10.6. The van der Waals surface area contributed by atoms with Crippen LogP contribution in [0.15, 0.2) is 24.3 Å². The lowest BCUT2D eigenvalue weighted by Gasteiger charge is -2.35. The molecule has 1 aromatic rings. The zero-order valence-corrected chi connectivity index (χ0v) is 12.2. The van der Waals surface area contributed by atoms with Crippen molar-refractivity contribution in [1.82, 2.24) is 5.32 Å². The highest BCUT2D eigenvalue weighted by atomic mass is 16.5. The normalized spacial score (nSPS) is 23.0. The number of rotatable bonds is 3. The summed E-state index contributed by atoms with van der Waals surface area (Å²) in [5.74, 6) is -0.834. The molecule has 2 N–H and O–H groups in total. The number of carbonyl (C=O) groups is 2. The third-order valence-electron chi connectivity index (χ3n) is 4.37. The fourth-order valence-corrected chi connectivity index (χ4v) is 2.95. The van der Waals surface area contributed by atoms with Crippen molar-refractivity contribution in [2.75, 3.05) is 19.8 Å². The van der Waals surface area contributed by atoms with Crippen LogP contribution in [0.3, 0.4) is 0 Å². The Balaban J connectivity index is 1.70. The average Bonchev–Trinajstić information content (AvgIpc) is 2.55. The number of amides is 1. The molecule has 2 aliphatic rings. The standard InChI is InChI=1S/C16H19NO5/c18-14(17-16(15(19)20)5-7-21-8-6-16)12-9-11-3-1-2-4-13(11)22-10-12/h1-4,12H,5-10H2,(H,17,18)(H,19,20). The van der Waals surface area contributed by atoms with E-state index in [4.69, 9.17) is 9.47 Å². The lowest BCUT2D eigenvalue weighted by Crippen LogP contribution is -2.59. The van der Waals surface area contributed by atoms with Crippen LogP contribution in [0.2, 0.25) is 0 Å². The summed E-state index contributed by atoms with van der Waals surface area (Å²) in [6.45, 7) is 0.961. The van der Waals surface area contributed by atoms with E-state index in [2.05, 4.69) is 5.32 Å². The van der Waals surface area contributed by atoms with Crippen LogP contribution in [0.5, 0.6) is 5.75 Å². The van der Waals surface area contributed by atoms with Gasteiger partial charge < -0.3 is 19.9 Å². The molecule has 0 bridgehead atoms. The summed E-state index contributed by atoms with van der Waals surface area (Å²) in [6.07, 6.45) is 1.14. The van der Waals surface area contributed by atoms with Crippen molar-refractivity contribution in [3.8, 4) is 5.75 Å². The van der Waals surface area contributed by atoms with Gasteiger partial charge in [0.2, 0.25) is 5.91 Å². The molecule has 22 heavy (non-hydrogen) atoms. The van der Waals surface area contributed by atoms with Crippen molar-refractivity contribution < 1.29 is 24.2 Å². The van der Waals surface area contributed by atoms with Crippen LogP contribution in [0.25, 0.3) is 0 Å². The maximum Gasteiger partial charge on any atom is 0.329 e. The summed E-state index contributed by atoms with van der Waals surface area (Å²) in [5, 5.41) is 12.2. The predicted molar refractivity (Wildman–Crippen MR) is 77.7 cm³/mol. The number of benzene rings is 1. The topological polar surface area (TPSA) is 84.9 Å². The van der Waals surface area contributed by atoms with Crippen molar-refractivity contribution in [3.05, 3.63) is 29.8 Å². The van der Waals surface area contributed by atoms with E-state index >= 15 is 0 Å². The van der Waals surface area contributed by atoms with Crippen LogP contribution in [-0.4, -0.2) is 42.3 Å². The largest absolute Gasteiger partial charge is 0.492 e. The van der Waals surface area contributed by atoms with Gasteiger partial charge in [0.05, 0.1) is 5.92 Å². The van der Waals surface area contributed by atoms with E-state index in [0.29, 0.717) is 19.6 Å². The SMILES string of the molecule is O=C(NC1(C(=O)O)CCOCC1)C1COc2ccccc2C1. The monoisotopic (exact) mass is 305 g/mol. The molecular formula is C16H19NO5. The van der Waals surface area contributed by atoms with Crippen LogP contribution in [0.1, 0.15) is 18.4 Å². The molecule has 6 heteroatoms. The van der Waals surface area contributed by atoms with Gasteiger partial charge in [0.15, 0.2) is 0 Å². The molecule has 0 saturated carbocycles. The van der Waals surface area contributed by atoms with Gasteiger partial charge in [-0.25, -0.2) is 4.79 Å². The third kappa shape index (κ3) is 2.78. The van der Waals surface area contributed by atoms with E-state index in [-0.39, 0.29) is 31.3 Å². The molecule has 0 spiro atoms. The molecule has 1 fully saturated rings. The van der Waals surface area contributed by atoms with Crippen LogP contribution < -0.4 is 10.1 Å². The van der Waals surface area contributed by atoms with Crippen molar-refractivity contribution in [3.63, 3.8) is 0 Å². The number of para-hydroxylation sites is 1. The van der Waals surface area contributed by atoms with Gasteiger partial charge in [-0.2, -0.15) is 0 Å². The van der Waals surface area contributed by atoms with Gasteiger partial charge in [-0.15, -0.1) is 0 Å². The van der Waals surface area contributed by atoms with Crippen LogP contribution in [0.4, 0.5) is 0 Å². The maximum atomic E-state index is 12.5. The number of hydrogen-bond acceptors (Lipinski definition) is 4. The molecule has 118 valence electrons. The number of carboxylic acid groups (broad SMARTS) is 1. The Bertz CT molecular complexity index is 580. The zero-order chi connectivity index (χ0) is 15.6. The van der Waals surface area contributed by atoms with E-state index in [0.717, 1.165) is 11.3 Å². The second-order valence-corrected chi connectivity index (χ2v) is 5.81. The second kappa shape index (κ2) is 5.96. The number of nitrogens with one attached hydrogen (secondary N) is 1. The molecule has 0 radical (unpaired) electrons. The molecule has 1 amide bonds. The maximum absolute atomic E-state index is 12.5. The second-order valence-electron chi connectivity index (χ2n) is 5.81. The smallest absolute Gasteiger partial charge is 0.329 e.